The van der Waals surface area contributed by atoms with E-state index in [1.807, 2.05) is 0 Å². The van der Waals surface area contributed by atoms with E-state index in [-0.39, 0.29) is 0 Å². The van der Waals surface area contributed by atoms with Crippen LogP contribution >= 0.6 is 0 Å². The Morgan fingerprint density at radius 3 is 2.60 bits per heavy atom. The quantitative estimate of drug-likeness (QED) is 0.767. The van der Waals surface area contributed by atoms with E-state index >= 15 is 0 Å². The predicted molar refractivity (Wildman–Crippen MR) is 86.1 cm³/mol. The van der Waals surface area contributed by atoms with Crippen molar-refractivity contribution in [1.82, 2.24) is 4.90 Å². The lowest BCUT2D eigenvalue weighted by molar-refractivity contribution is 0.0924. The second-order valence-electron chi connectivity index (χ2n) is 7.71. The molecule has 0 radical (unpaired) electrons. The van der Waals surface area contributed by atoms with E-state index in [0.717, 1.165) is 11.8 Å². The zero-order valence-corrected chi connectivity index (χ0v) is 13.4. The molecular weight excluding hydrogens is 242 g/mol. The Balaban J connectivity index is 1.88. The highest BCUT2D eigenvalue weighted by molar-refractivity contribution is 5.34. The van der Waals surface area contributed by atoms with Crippen LogP contribution in [0.1, 0.15) is 56.6 Å². The molecule has 0 saturated carbocycles. The molecule has 0 amide bonds. The first kappa shape index (κ1) is 14.1. The van der Waals surface area contributed by atoms with Crippen molar-refractivity contribution in [3.8, 4) is 0 Å². The summed E-state index contributed by atoms with van der Waals surface area (Å²) in [6.07, 6.45) is 6.90. The molecule has 1 aliphatic carbocycles. The van der Waals surface area contributed by atoms with Crippen molar-refractivity contribution in [3.63, 3.8) is 0 Å². The first-order chi connectivity index (χ1) is 9.58. The number of piperidine rings is 1. The van der Waals surface area contributed by atoms with Gasteiger partial charge in [-0.05, 0) is 80.6 Å². The smallest absolute Gasteiger partial charge is 0.00164 e. The van der Waals surface area contributed by atoms with Gasteiger partial charge in [-0.25, -0.2) is 0 Å². The summed E-state index contributed by atoms with van der Waals surface area (Å²) in [5.74, 6) is 1.60. The number of hydrogen-bond donors (Lipinski definition) is 0. The van der Waals surface area contributed by atoms with Crippen LogP contribution in [-0.2, 0) is 6.42 Å². The molecule has 1 atom stereocenters. The second-order valence-corrected chi connectivity index (χ2v) is 7.71. The SMILES string of the molecule is CC(C)CC1CC2(CCN(C)CC2)Cc2ccccc21. The van der Waals surface area contributed by atoms with Crippen molar-refractivity contribution in [2.45, 2.75) is 51.9 Å². The van der Waals surface area contributed by atoms with Crippen LogP contribution < -0.4 is 0 Å². The lowest BCUT2D eigenvalue weighted by Crippen LogP contribution is -2.42. The summed E-state index contributed by atoms with van der Waals surface area (Å²) in [6, 6.07) is 9.25. The largest absolute Gasteiger partial charge is 0.306 e. The van der Waals surface area contributed by atoms with Crippen molar-refractivity contribution in [3.05, 3.63) is 35.4 Å². The summed E-state index contributed by atoms with van der Waals surface area (Å²) in [5, 5.41) is 0. The van der Waals surface area contributed by atoms with Crippen LogP contribution in [0.25, 0.3) is 0 Å². The summed E-state index contributed by atoms with van der Waals surface area (Å²) < 4.78 is 0. The molecule has 1 nitrogen and oxygen atoms in total. The second kappa shape index (κ2) is 5.52. The maximum Gasteiger partial charge on any atom is -0.00164 e. The van der Waals surface area contributed by atoms with Crippen molar-refractivity contribution in [1.29, 1.82) is 0 Å². The van der Waals surface area contributed by atoms with Gasteiger partial charge in [-0.2, -0.15) is 0 Å². The van der Waals surface area contributed by atoms with Crippen LogP contribution in [0, 0.1) is 11.3 Å². The molecular formula is C19H29N. The third-order valence-corrected chi connectivity index (χ3v) is 5.54. The van der Waals surface area contributed by atoms with Crippen LogP contribution in [0.4, 0.5) is 0 Å². The fraction of sp³-hybridized carbons (Fsp3) is 0.684. The molecule has 110 valence electrons. The fourth-order valence-corrected chi connectivity index (χ4v) is 4.46. The number of fused-ring (bicyclic) bond motifs is 1. The van der Waals surface area contributed by atoms with Gasteiger partial charge in [-0.15, -0.1) is 0 Å². The molecule has 20 heavy (non-hydrogen) atoms. The molecule has 1 aromatic carbocycles. The fourth-order valence-electron chi connectivity index (χ4n) is 4.46. The number of nitrogens with zero attached hydrogens (tertiary/aromatic N) is 1. The Morgan fingerprint density at radius 1 is 1.20 bits per heavy atom. The normalized spacial score (nSPS) is 25.9. The van der Waals surface area contributed by atoms with Crippen molar-refractivity contribution >= 4 is 0 Å². The molecule has 1 aromatic rings. The topological polar surface area (TPSA) is 3.24 Å². The Kier molecular flexibility index (Phi) is 3.90. The molecule has 1 spiro atoms. The molecule has 0 N–H and O–H groups in total. The van der Waals surface area contributed by atoms with E-state index in [9.17, 15) is 0 Å². The van der Waals surface area contributed by atoms with Crippen LogP contribution in [0.5, 0.6) is 0 Å². The monoisotopic (exact) mass is 271 g/mol. The minimum Gasteiger partial charge on any atom is -0.306 e. The molecule has 2 aliphatic rings. The predicted octanol–water partition coefficient (Wildman–Crippen LogP) is 4.47. The lowest BCUT2D eigenvalue weighted by atomic mass is 9.61. The Morgan fingerprint density at radius 2 is 1.90 bits per heavy atom. The molecule has 0 aromatic heterocycles. The average molecular weight is 271 g/mol. The van der Waals surface area contributed by atoms with Crippen molar-refractivity contribution < 1.29 is 0 Å². The summed E-state index contributed by atoms with van der Waals surface area (Å²) >= 11 is 0. The molecule has 1 saturated heterocycles. The van der Waals surface area contributed by atoms with Gasteiger partial charge in [0, 0.05) is 0 Å². The highest BCUT2D eigenvalue weighted by atomic mass is 15.1. The minimum atomic E-state index is 0.598. The minimum absolute atomic E-state index is 0.598. The van der Waals surface area contributed by atoms with Crippen molar-refractivity contribution in [2.75, 3.05) is 20.1 Å². The van der Waals surface area contributed by atoms with Gasteiger partial charge in [-0.1, -0.05) is 38.1 Å². The third-order valence-electron chi connectivity index (χ3n) is 5.54. The number of rotatable bonds is 2. The highest BCUT2D eigenvalue weighted by Crippen LogP contribution is 2.49. The van der Waals surface area contributed by atoms with Gasteiger partial charge in [0.05, 0.1) is 0 Å². The first-order valence-corrected chi connectivity index (χ1v) is 8.34. The van der Waals surface area contributed by atoms with Crippen LogP contribution in [0.2, 0.25) is 0 Å². The van der Waals surface area contributed by atoms with Gasteiger partial charge in [0.15, 0.2) is 0 Å². The van der Waals surface area contributed by atoms with Gasteiger partial charge in [0.25, 0.3) is 0 Å². The molecule has 1 heterocycles. The van der Waals surface area contributed by atoms with E-state index in [1.54, 1.807) is 11.1 Å². The summed E-state index contributed by atoms with van der Waals surface area (Å²) in [4.78, 5) is 2.50. The van der Waals surface area contributed by atoms with Gasteiger partial charge >= 0.3 is 0 Å². The zero-order valence-electron chi connectivity index (χ0n) is 13.4. The maximum absolute atomic E-state index is 2.50. The van der Waals surface area contributed by atoms with Crippen LogP contribution in [-0.4, -0.2) is 25.0 Å². The molecule has 1 aliphatic heterocycles. The Labute approximate surface area is 124 Å². The van der Waals surface area contributed by atoms with Gasteiger partial charge in [0.2, 0.25) is 0 Å². The Hall–Kier alpha value is -0.820. The molecule has 3 rings (SSSR count). The standard InChI is InChI=1S/C19H29N/c1-15(2)12-17-14-19(8-10-20(3)11-9-19)13-16-6-4-5-7-18(16)17/h4-7,15,17H,8-14H2,1-3H3. The highest BCUT2D eigenvalue weighted by Gasteiger charge is 2.40. The number of benzene rings is 1. The van der Waals surface area contributed by atoms with E-state index in [4.69, 9.17) is 0 Å². The van der Waals surface area contributed by atoms with Gasteiger partial charge in [0.1, 0.15) is 0 Å². The summed E-state index contributed by atoms with van der Waals surface area (Å²) in [5.41, 5.74) is 3.90. The van der Waals surface area contributed by atoms with E-state index in [0.29, 0.717) is 5.41 Å². The van der Waals surface area contributed by atoms with Crippen LogP contribution in [0.3, 0.4) is 0 Å². The molecule has 1 heteroatoms. The molecule has 1 unspecified atom stereocenters. The van der Waals surface area contributed by atoms with E-state index < -0.39 is 0 Å². The van der Waals surface area contributed by atoms with E-state index in [1.165, 1.54) is 45.2 Å². The first-order valence-electron chi connectivity index (χ1n) is 8.34. The van der Waals surface area contributed by atoms with Crippen molar-refractivity contribution in [2.24, 2.45) is 11.3 Å². The number of hydrogen-bond acceptors (Lipinski definition) is 1. The summed E-state index contributed by atoms with van der Waals surface area (Å²) in [7, 11) is 2.27. The summed E-state index contributed by atoms with van der Waals surface area (Å²) in [6.45, 7) is 7.32. The maximum atomic E-state index is 2.50. The zero-order chi connectivity index (χ0) is 14.2. The van der Waals surface area contributed by atoms with Crippen LogP contribution in [0.15, 0.2) is 24.3 Å². The van der Waals surface area contributed by atoms with E-state index in [2.05, 4.69) is 50.1 Å². The van der Waals surface area contributed by atoms with Gasteiger partial charge < -0.3 is 4.90 Å². The molecule has 1 fully saturated rings. The number of likely N-dealkylation sites (tertiary alicyclic amines) is 1. The molecule has 0 bridgehead atoms. The average Bonchev–Trinajstić information content (AvgIpc) is 2.42. The van der Waals surface area contributed by atoms with Gasteiger partial charge in [-0.3, -0.25) is 0 Å². The Bertz CT molecular complexity index is 455. The third kappa shape index (κ3) is 2.79. The lowest BCUT2D eigenvalue weighted by Gasteiger charge is -2.47.